The van der Waals surface area contributed by atoms with Gasteiger partial charge in [-0.15, -0.1) is 0 Å². The molecule has 0 amide bonds. The molecule has 0 fully saturated rings. The Balaban J connectivity index is 2.22. The van der Waals surface area contributed by atoms with Gasteiger partial charge in [-0.3, -0.25) is 4.79 Å². The Morgan fingerprint density at radius 1 is 0.905 bits per heavy atom. The predicted octanol–water partition coefficient (Wildman–Crippen LogP) is 5.01. The molecule has 0 saturated heterocycles. The molecule has 0 aliphatic carbocycles. The Bertz CT molecular complexity index is 866. The lowest BCUT2D eigenvalue weighted by Crippen LogP contribution is -2.01. The number of rotatable bonds is 3. The standard InChI is InChI=1S/C17H11N3O/c18-20-19-16-11-14-9-5-4-8-13(14)10-15(16)17(21)12-6-2-1-3-7-12/h1-11H. The van der Waals surface area contributed by atoms with Crippen LogP contribution in [0.3, 0.4) is 0 Å². The molecule has 0 spiro atoms. The van der Waals surface area contributed by atoms with Crippen molar-refractivity contribution in [2.75, 3.05) is 0 Å². The van der Waals surface area contributed by atoms with Gasteiger partial charge in [-0.2, -0.15) is 0 Å². The quantitative estimate of drug-likeness (QED) is 0.286. The molecule has 0 bridgehead atoms. The van der Waals surface area contributed by atoms with Gasteiger partial charge in [-0.25, -0.2) is 0 Å². The summed E-state index contributed by atoms with van der Waals surface area (Å²) in [6.07, 6.45) is 0. The lowest BCUT2D eigenvalue weighted by atomic mass is 9.98. The van der Waals surface area contributed by atoms with Crippen molar-refractivity contribution < 1.29 is 4.79 Å². The zero-order valence-electron chi connectivity index (χ0n) is 11.1. The third kappa shape index (κ3) is 2.48. The summed E-state index contributed by atoms with van der Waals surface area (Å²) >= 11 is 0. The predicted molar refractivity (Wildman–Crippen MR) is 82.6 cm³/mol. The van der Waals surface area contributed by atoms with Crippen LogP contribution in [0.25, 0.3) is 21.2 Å². The number of benzene rings is 3. The Morgan fingerprint density at radius 2 is 1.52 bits per heavy atom. The second-order valence-corrected chi connectivity index (χ2v) is 4.60. The minimum Gasteiger partial charge on any atom is -0.289 e. The van der Waals surface area contributed by atoms with E-state index in [9.17, 15) is 4.79 Å². The maximum absolute atomic E-state index is 12.6. The van der Waals surface area contributed by atoms with Crippen LogP contribution in [0.4, 0.5) is 5.69 Å². The van der Waals surface area contributed by atoms with E-state index < -0.39 is 0 Å². The van der Waals surface area contributed by atoms with Gasteiger partial charge in [0.15, 0.2) is 5.78 Å². The largest absolute Gasteiger partial charge is 0.289 e. The zero-order valence-corrected chi connectivity index (χ0v) is 11.1. The molecule has 4 nitrogen and oxygen atoms in total. The maximum Gasteiger partial charge on any atom is 0.193 e. The van der Waals surface area contributed by atoms with Crippen LogP contribution in [0.15, 0.2) is 71.8 Å². The Hall–Kier alpha value is -3.10. The van der Waals surface area contributed by atoms with E-state index in [1.54, 1.807) is 24.3 Å². The highest BCUT2D eigenvalue weighted by molar-refractivity contribution is 6.14. The molecule has 0 aromatic heterocycles. The number of azide groups is 1. The Labute approximate surface area is 121 Å². The van der Waals surface area contributed by atoms with Crippen molar-refractivity contribution in [1.29, 1.82) is 0 Å². The summed E-state index contributed by atoms with van der Waals surface area (Å²) in [4.78, 5) is 15.4. The van der Waals surface area contributed by atoms with Crippen LogP contribution < -0.4 is 0 Å². The molecule has 21 heavy (non-hydrogen) atoms. The summed E-state index contributed by atoms with van der Waals surface area (Å²) in [5, 5.41) is 5.54. The van der Waals surface area contributed by atoms with Crippen LogP contribution in [0.1, 0.15) is 15.9 Å². The summed E-state index contributed by atoms with van der Waals surface area (Å²) in [6.45, 7) is 0. The summed E-state index contributed by atoms with van der Waals surface area (Å²) < 4.78 is 0. The first-order valence-electron chi connectivity index (χ1n) is 6.47. The monoisotopic (exact) mass is 273 g/mol. The van der Waals surface area contributed by atoms with Crippen molar-refractivity contribution in [1.82, 2.24) is 0 Å². The lowest BCUT2D eigenvalue weighted by Gasteiger charge is -2.07. The van der Waals surface area contributed by atoms with Crippen LogP contribution >= 0.6 is 0 Å². The highest BCUT2D eigenvalue weighted by Gasteiger charge is 2.13. The SMILES string of the molecule is [N-]=[N+]=Nc1cc2ccccc2cc1C(=O)c1ccccc1. The first-order chi connectivity index (χ1) is 10.3. The fourth-order valence-corrected chi connectivity index (χ4v) is 2.29. The fourth-order valence-electron chi connectivity index (χ4n) is 2.29. The van der Waals surface area contributed by atoms with Gasteiger partial charge in [-0.05, 0) is 28.4 Å². The average molecular weight is 273 g/mol. The lowest BCUT2D eigenvalue weighted by molar-refractivity contribution is 0.103. The van der Waals surface area contributed by atoms with Gasteiger partial charge in [0.05, 0.1) is 0 Å². The third-order valence-electron chi connectivity index (χ3n) is 3.30. The van der Waals surface area contributed by atoms with E-state index in [2.05, 4.69) is 10.0 Å². The maximum atomic E-state index is 12.6. The van der Waals surface area contributed by atoms with E-state index >= 15 is 0 Å². The minimum absolute atomic E-state index is 0.149. The molecule has 4 heteroatoms. The average Bonchev–Trinajstić information content (AvgIpc) is 2.55. The molecule has 0 atom stereocenters. The number of nitrogens with zero attached hydrogens (tertiary/aromatic N) is 3. The van der Waals surface area contributed by atoms with E-state index in [0.717, 1.165) is 10.8 Å². The van der Waals surface area contributed by atoms with Crippen LogP contribution in [0.2, 0.25) is 0 Å². The fraction of sp³-hybridized carbons (Fsp3) is 0. The summed E-state index contributed by atoms with van der Waals surface area (Å²) in [5.74, 6) is -0.149. The van der Waals surface area contributed by atoms with E-state index in [1.807, 2.05) is 42.5 Å². The van der Waals surface area contributed by atoms with Crippen molar-refractivity contribution in [3.05, 3.63) is 88.3 Å². The molecule has 0 aliphatic heterocycles. The molecule has 0 N–H and O–H groups in total. The summed E-state index contributed by atoms with van der Waals surface area (Å²) in [5.41, 5.74) is 10.1. The van der Waals surface area contributed by atoms with Crippen LogP contribution in [0.5, 0.6) is 0 Å². The number of carbonyl (C=O) groups is 1. The van der Waals surface area contributed by atoms with E-state index in [1.165, 1.54) is 0 Å². The second kappa shape index (κ2) is 5.49. The van der Waals surface area contributed by atoms with E-state index in [-0.39, 0.29) is 5.78 Å². The normalized spacial score (nSPS) is 10.1. The van der Waals surface area contributed by atoms with Gasteiger partial charge in [0.2, 0.25) is 0 Å². The summed E-state index contributed by atoms with van der Waals surface area (Å²) in [6, 6.07) is 20.1. The van der Waals surface area contributed by atoms with Crippen LogP contribution in [-0.4, -0.2) is 5.78 Å². The van der Waals surface area contributed by atoms with E-state index in [4.69, 9.17) is 5.53 Å². The molecule has 0 unspecified atom stereocenters. The Kier molecular flexibility index (Phi) is 3.37. The van der Waals surface area contributed by atoms with Crippen LogP contribution in [0, 0.1) is 0 Å². The first-order valence-corrected chi connectivity index (χ1v) is 6.47. The van der Waals surface area contributed by atoms with Gasteiger partial charge >= 0.3 is 0 Å². The van der Waals surface area contributed by atoms with Crippen molar-refractivity contribution in [2.24, 2.45) is 5.11 Å². The number of hydrogen-bond acceptors (Lipinski definition) is 2. The molecule has 0 radical (unpaired) electrons. The van der Waals surface area contributed by atoms with Gasteiger partial charge in [0.1, 0.15) is 0 Å². The van der Waals surface area contributed by atoms with Crippen LogP contribution in [-0.2, 0) is 0 Å². The highest BCUT2D eigenvalue weighted by atomic mass is 16.1. The number of ketones is 1. The van der Waals surface area contributed by atoms with Gasteiger partial charge < -0.3 is 0 Å². The number of fused-ring (bicyclic) bond motifs is 1. The molecular weight excluding hydrogens is 262 g/mol. The molecule has 3 aromatic rings. The van der Waals surface area contributed by atoms with Gasteiger partial charge in [0, 0.05) is 21.7 Å². The topological polar surface area (TPSA) is 65.8 Å². The smallest absolute Gasteiger partial charge is 0.193 e. The molecule has 0 saturated carbocycles. The van der Waals surface area contributed by atoms with Crippen molar-refractivity contribution in [2.45, 2.75) is 0 Å². The highest BCUT2D eigenvalue weighted by Crippen LogP contribution is 2.28. The first kappa shape index (κ1) is 12.9. The molecule has 3 aromatic carbocycles. The molecule has 0 aliphatic rings. The van der Waals surface area contributed by atoms with E-state index in [0.29, 0.717) is 16.8 Å². The summed E-state index contributed by atoms with van der Waals surface area (Å²) in [7, 11) is 0. The molecule has 0 heterocycles. The van der Waals surface area contributed by atoms with Gasteiger partial charge in [-0.1, -0.05) is 59.7 Å². The van der Waals surface area contributed by atoms with Crippen molar-refractivity contribution in [3.63, 3.8) is 0 Å². The second-order valence-electron chi connectivity index (χ2n) is 4.60. The third-order valence-corrected chi connectivity index (χ3v) is 3.30. The Morgan fingerprint density at radius 3 is 2.19 bits per heavy atom. The number of carbonyl (C=O) groups excluding carboxylic acids is 1. The van der Waals surface area contributed by atoms with Crippen molar-refractivity contribution in [3.8, 4) is 0 Å². The van der Waals surface area contributed by atoms with Gasteiger partial charge in [0.25, 0.3) is 0 Å². The molecule has 3 rings (SSSR count). The number of hydrogen-bond donors (Lipinski definition) is 0. The molecular formula is C17H11N3O. The zero-order chi connectivity index (χ0) is 14.7. The minimum atomic E-state index is -0.149. The van der Waals surface area contributed by atoms with Crippen molar-refractivity contribution >= 4 is 22.2 Å². The molecule has 100 valence electrons.